The second kappa shape index (κ2) is 3.36. The third-order valence-electron chi connectivity index (χ3n) is 1.72. The molecule has 0 aromatic carbocycles. The van der Waals surface area contributed by atoms with Crippen molar-refractivity contribution in [3.05, 3.63) is 24.1 Å². The molecule has 0 N–H and O–H groups in total. The van der Waals surface area contributed by atoms with Crippen LogP contribution in [0.15, 0.2) is 24.1 Å². The lowest BCUT2D eigenvalue weighted by molar-refractivity contribution is 0.246. The topological polar surface area (TPSA) is 23.8 Å². The first kappa shape index (κ1) is 9.40. The van der Waals surface area contributed by atoms with Gasteiger partial charge in [0.2, 0.25) is 5.67 Å². The van der Waals surface area contributed by atoms with Gasteiger partial charge in [-0.15, -0.1) is 0 Å². The van der Waals surface area contributed by atoms with Crippen LogP contribution < -0.4 is 0 Å². The van der Waals surface area contributed by atoms with E-state index in [-0.39, 0.29) is 5.33 Å². The molecule has 1 nitrogen and oxygen atoms in total. The van der Waals surface area contributed by atoms with Crippen LogP contribution in [0.1, 0.15) is 0 Å². The van der Waals surface area contributed by atoms with Gasteiger partial charge in [-0.2, -0.15) is 5.26 Å². The van der Waals surface area contributed by atoms with Gasteiger partial charge in [0.15, 0.2) is 0 Å². The van der Waals surface area contributed by atoms with Crippen molar-refractivity contribution < 1.29 is 8.78 Å². The fraction of sp³-hybridized carbons (Fsp3) is 0.375. The molecule has 0 amide bonds. The maximum atomic E-state index is 13.5. The minimum atomic E-state index is -2.07. The minimum Gasteiger partial charge on any atom is -0.222 e. The highest BCUT2D eigenvalue weighted by molar-refractivity contribution is 9.09. The molecule has 2 atom stereocenters. The van der Waals surface area contributed by atoms with E-state index in [0.717, 1.165) is 18.2 Å². The van der Waals surface area contributed by atoms with E-state index in [4.69, 9.17) is 5.26 Å². The molecule has 0 bridgehead atoms. The first-order valence-corrected chi connectivity index (χ1v) is 4.47. The SMILES string of the molecule is N#CC1(F)C=CC(F)=CC1CBr. The smallest absolute Gasteiger partial charge is 0.221 e. The summed E-state index contributed by atoms with van der Waals surface area (Å²) in [5, 5.41) is 8.72. The van der Waals surface area contributed by atoms with Crippen molar-refractivity contribution in [2.75, 3.05) is 5.33 Å². The minimum absolute atomic E-state index is 0.231. The number of rotatable bonds is 1. The van der Waals surface area contributed by atoms with E-state index in [1.54, 1.807) is 0 Å². The Hall–Kier alpha value is -0.690. The zero-order chi connectivity index (χ0) is 9.19. The van der Waals surface area contributed by atoms with Gasteiger partial charge < -0.3 is 0 Å². The summed E-state index contributed by atoms with van der Waals surface area (Å²) in [7, 11) is 0. The van der Waals surface area contributed by atoms with E-state index in [1.165, 1.54) is 6.07 Å². The fourth-order valence-electron chi connectivity index (χ4n) is 0.971. The third-order valence-corrected chi connectivity index (χ3v) is 2.42. The van der Waals surface area contributed by atoms with E-state index >= 15 is 0 Å². The van der Waals surface area contributed by atoms with Crippen molar-refractivity contribution in [3.8, 4) is 6.07 Å². The number of hydrogen-bond acceptors (Lipinski definition) is 1. The first-order valence-electron chi connectivity index (χ1n) is 3.35. The van der Waals surface area contributed by atoms with E-state index in [9.17, 15) is 8.78 Å². The molecule has 0 aliphatic heterocycles. The first-order chi connectivity index (χ1) is 5.62. The van der Waals surface area contributed by atoms with Gasteiger partial charge in [0.05, 0.1) is 0 Å². The van der Waals surface area contributed by atoms with Gasteiger partial charge in [0.25, 0.3) is 0 Å². The van der Waals surface area contributed by atoms with E-state index in [2.05, 4.69) is 15.9 Å². The van der Waals surface area contributed by atoms with Crippen molar-refractivity contribution in [2.24, 2.45) is 5.92 Å². The second-order valence-electron chi connectivity index (χ2n) is 2.53. The normalized spacial score (nSPS) is 34.2. The Morgan fingerprint density at radius 3 is 2.92 bits per heavy atom. The van der Waals surface area contributed by atoms with Crippen LogP contribution >= 0.6 is 15.9 Å². The Labute approximate surface area is 77.5 Å². The molecule has 0 heterocycles. The van der Waals surface area contributed by atoms with Crippen LogP contribution in [0.5, 0.6) is 0 Å². The summed E-state index contributed by atoms with van der Waals surface area (Å²) in [4.78, 5) is 0. The second-order valence-corrected chi connectivity index (χ2v) is 3.17. The zero-order valence-corrected chi connectivity index (χ0v) is 7.68. The highest BCUT2D eigenvalue weighted by Gasteiger charge is 2.37. The highest BCUT2D eigenvalue weighted by Crippen LogP contribution is 2.31. The molecular weight excluding hydrogens is 228 g/mol. The average molecular weight is 234 g/mol. The summed E-state index contributed by atoms with van der Waals surface area (Å²) in [6.07, 6.45) is 3.04. The Morgan fingerprint density at radius 2 is 2.42 bits per heavy atom. The third kappa shape index (κ3) is 1.56. The number of alkyl halides is 2. The molecular formula is C8H6BrF2N. The summed E-state index contributed by atoms with van der Waals surface area (Å²) in [5.41, 5.74) is -2.07. The molecule has 12 heavy (non-hydrogen) atoms. The predicted molar refractivity (Wildman–Crippen MR) is 45.1 cm³/mol. The molecule has 4 heteroatoms. The lowest BCUT2D eigenvalue weighted by Crippen LogP contribution is -2.31. The number of halogens is 3. The van der Waals surface area contributed by atoms with E-state index < -0.39 is 17.4 Å². The lowest BCUT2D eigenvalue weighted by Gasteiger charge is -2.22. The molecule has 0 aromatic rings. The van der Waals surface area contributed by atoms with Gasteiger partial charge in [-0.25, -0.2) is 8.78 Å². The average Bonchev–Trinajstić information content (AvgIpc) is 2.09. The molecule has 0 aromatic heterocycles. The molecule has 0 spiro atoms. The molecule has 0 radical (unpaired) electrons. The zero-order valence-electron chi connectivity index (χ0n) is 6.10. The Bertz CT molecular complexity index is 279. The monoisotopic (exact) mass is 233 g/mol. The maximum absolute atomic E-state index is 13.5. The fourth-order valence-corrected chi connectivity index (χ4v) is 1.63. The van der Waals surface area contributed by atoms with E-state index in [0.29, 0.717) is 0 Å². The van der Waals surface area contributed by atoms with Crippen molar-refractivity contribution >= 4 is 15.9 Å². The maximum Gasteiger partial charge on any atom is 0.221 e. The van der Waals surface area contributed by atoms with Crippen LogP contribution in [0, 0.1) is 17.2 Å². The standard InChI is InChI=1S/C8H6BrF2N/c9-4-6-3-7(10)1-2-8(6,11)5-12/h1-3,6H,4H2. The molecule has 0 fully saturated rings. The van der Waals surface area contributed by atoms with Gasteiger partial charge in [0.1, 0.15) is 11.9 Å². The Morgan fingerprint density at radius 1 is 1.75 bits per heavy atom. The van der Waals surface area contributed by atoms with Crippen LogP contribution in [0.3, 0.4) is 0 Å². The largest absolute Gasteiger partial charge is 0.222 e. The molecule has 0 saturated heterocycles. The number of nitriles is 1. The van der Waals surface area contributed by atoms with Gasteiger partial charge in [0, 0.05) is 11.2 Å². The van der Waals surface area contributed by atoms with Gasteiger partial charge in [-0.3, -0.25) is 0 Å². The summed E-state index contributed by atoms with van der Waals surface area (Å²) in [5.74, 6) is -1.24. The molecule has 64 valence electrons. The number of allylic oxidation sites excluding steroid dienone is 4. The van der Waals surface area contributed by atoms with Crippen molar-refractivity contribution in [3.63, 3.8) is 0 Å². The molecule has 1 aliphatic carbocycles. The van der Waals surface area contributed by atoms with Crippen LogP contribution in [0.4, 0.5) is 8.78 Å². The Balaban J connectivity index is 2.96. The quantitative estimate of drug-likeness (QED) is 0.640. The molecule has 1 aliphatic rings. The van der Waals surface area contributed by atoms with Gasteiger partial charge in [-0.1, -0.05) is 15.9 Å². The summed E-state index contributed by atoms with van der Waals surface area (Å²) >= 11 is 3.02. The molecule has 2 unspecified atom stereocenters. The van der Waals surface area contributed by atoms with Crippen molar-refractivity contribution in [1.82, 2.24) is 0 Å². The van der Waals surface area contributed by atoms with Crippen LogP contribution in [-0.2, 0) is 0 Å². The van der Waals surface area contributed by atoms with E-state index in [1.807, 2.05) is 0 Å². The summed E-state index contributed by atoms with van der Waals surface area (Å²) < 4.78 is 26.0. The molecule has 0 saturated carbocycles. The van der Waals surface area contributed by atoms with Crippen molar-refractivity contribution in [1.29, 1.82) is 5.26 Å². The predicted octanol–water partition coefficient (Wildman–Crippen LogP) is 2.65. The van der Waals surface area contributed by atoms with Crippen LogP contribution in [0.2, 0.25) is 0 Å². The number of hydrogen-bond donors (Lipinski definition) is 0. The number of nitrogens with zero attached hydrogens (tertiary/aromatic N) is 1. The highest BCUT2D eigenvalue weighted by atomic mass is 79.9. The molecule has 1 rings (SSSR count). The lowest BCUT2D eigenvalue weighted by atomic mass is 9.88. The van der Waals surface area contributed by atoms with Crippen molar-refractivity contribution in [2.45, 2.75) is 5.67 Å². The van der Waals surface area contributed by atoms with Gasteiger partial charge in [-0.05, 0) is 18.2 Å². The summed E-state index contributed by atoms with van der Waals surface area (Å²) in [6.45, 7) is 0. The summed E-state index contributed by atoms with van der Waals surface area (Å²) in [6, 6.07) is 1.51. The Kier molecular flexibility index (Phi) is 2.63. The van der Waals surface area contributed by atoms with Crippen LogP contribution in [-0.4, -0.2) is 11.0 Å². The van der Waals surface area contributed by atoms with Gasteiger partial charge >= 0.3 is 0 Å². The van der Waals surface area contributed by atoms with Crippen LogP contribution in [0.25, 0.3) is 0 Å².